The molecule has 0 atom stereocenters. The van der Waals surface area contributed by atoms with E-state index in [-0.39, 0.29) is 11.9 Å². The van der Waals surface area contributed by atoms with Crippen LogP contribution in [0.5, 0.6) is 0 Å². The van der Waals surface area contributed by atoms with E-state index in [1.807, 2.05) is 29.1 Å². The lowest BCUT2D eigenvalue weighted by Gasteiger charge is -2.25. The van der Waals surface area contributed by atoms with Crippen LogP contribution in [-0.4, -0.2) is 38.9 Å². The van der Waals surface area contributed by atoms with E-state index in [9.17, 15) is 4.79 Å². The standard InChI is InChI=1S/C17H14BrN5O2/c18-12-4-3-7-20-15(12)17(24)21-14-8-23(11-9-25-10-11)22-16(14)13-5-1-2-6-19-13/h1-8,11H,9-10H2,(H,21,24). The third kappa shape index (κ3) is 3.18. The van der Waals surface area contributed by atoms with Gasteiger partial charge in [0.25, 0.3) is 5.91 Å². The Labute approximate surface area is 152 Å². The predicted octanol–water partition coefficient (Wildman–Crippen LogP) is 2.93. The Bertz CT molecular complexity index is 908. The van der Waals surface area contributed by atoms with Gasteiger partial charge < -0.3 is 10.1 Å². The summed E-state index contributed by atoms with van der Waals surface area (Å²) in [5.74, 6) is -0.311. The van der Waals surface area contributed by atoms with E-state index in [0.717, 1.165) is 0 Å². The molecule has 0 unspecified atom stereocenters. The first-order valence-corrected chi connectivity index (χ1v) is 8.52. The van der Waals surface area contributed by atoms with Crippen LogP contribution in [0.1, 0.15) is 16.5 Å². The van der Waals surface area contributed by atoms with Gasteiger partial charge in [-0.15, -0.1) is 0 Å². The smallest absolute Gasteiger partial charge is 0.275 e. The first-order chi connectivity index (χ1) is 12.2. The van der Waals surface area contributed by atoms with E-state index < -0.39 is 0 Å². The van der Waals surface area contributed by atoms with Crippen LogP contribution in [0.15, 0.2) is 53.4 Å². The van der Waals surface area contributed by atoms with Crippen LogP contribution in [-0.2, 0) is 4.74 Å². The van der Waals surface area contributed by atoms with Gasteiger partial charge in [-0.3, -0.25) is 14.5 Å². The average Bonchev–Trinajstić information content (AvgIpc) is 2.97. The van der Waals surface area contributed by atoms with Crippen molar-refractivity contribution in [2.75, 3.05) is 18.5 Å². The van der Waals surface area contributed by atoms with Crippen LogP contribution in [0, 0.1) is 0 Å². The Hall–Kier alpha value is -2.58. The SMILES string of the molecule is O=C(Nc1cn(C2COC2)nc1-c1ccccn1)c1ncccc1Br. The third-order valence-corrected chi connectivity index (χ3v) is 4.50. The van der Waals surface area contributed by atoms with Crippen molar-refractivity contribution in [2.45, 2.75) is 6.04 Å². The minimum Gasteiger partial charge on any atom is -0.377 e. The molecule has 4 heterocycles. The maximum atomic E-state index is 12.6. The fourth-order valence-electron chi connectivity index (χ4n) is 2.47. The van der Waals surface area contributed by atoms with Crippen molar-refractivity contribution in [3.8, 4) is 11.4 Å². The van der Waals surface area contributed by atoms with Crippen molar-refractivity contribution in [2.24, 2.45) is 0 Å². The van der Waals surface area contributed by atoms with Crippen molar-refractivity contribution >= 4 is 27.5 Å². The van der Waals surface area contributed by atoms with E-state index in [1.54, 1.807) is 24.5 Å². The minimum atomic E-state index is -0.311. The number of hydrogen-bond donors (Lipinski definition) is 1. The Morgan fingerprint density at radius 1 is 1.20 bits per heavy atom. The summed E-state index contributed by atoms with van der Waals surface area (Å²) >= 11 is 3.35. The van der Waals surface area contributed by atoms with Crippen molar-refractivity contribution in [1.82, 2.24) is 19.7 Å². The number of halogens is 1. The highest BCUT2D eigenvalue weighted by atomic mass is 79.9. The number of nitrogens with zero attached hydrogens (tertiary/aromatic N) is 4. The van der Waals surface area contributed by atoms with E-state index in [2.05, 4.69) is 36.3 Å². The number of amides is 1. The molecule has 1 N–H and O–H groups in total. The molecule has 0 aromatic carbocycles. The second-order valence-corrected chi connectivity index (χ2v) is 6.42. The molecule has 8 heteroatoms. The molecular weight excluding hydrogens is 386 g/mol. The van der Waals surface area contributed by atoms with Gasteiger partial charge in [0.2, 0.25) is 0 Å². The average molecular weight is 400 g/mol. The Morgan fingerprint density at radius 3 is 2.72 bits per heavy atom. The molecule has 4 rings (SSSR count). The van der Waals surface area contributed by atoms with Crippen LogP contribution in [0.3, 0.4) is 0 Å². The summed E-state index contributed by atoms with van der Waals surface area (Å²) in [7, 11) is 0. The number of anilines is 1. The van der Waals surface area contributed by atoms with E-state index >= 15 is 0 Å². The molecule has 1 aliphatic heterocycles. The van der Waals surface area contributed by atoms with Crippen LogP contribution < -0.4 is 5.32 Å². The summed E-state index contributed by atoms with van der Waals surface area (Å²) < 4.78 is 7.68. The topological polar surface area (TPSA) is 81.9 Å². The van der Waals surface area contributed by atoms with Crippen molar-refractivity contribution < 1.29 is 9.53 Å². The first-order valence-electron chi connectivity index (χ1n) is 7.72. The highest BCUT2D eigenvalue weighted by Gasteiger charge is 2.25. The van der Waals surface area contributed by atoms with E-state index in [0.29, 0.717) is 40.5 Å². The molecule has 126 valence electrons. The molecule has 7 nitrogen and oxygen atoms in total. The molecular formula is C17H14BrN5O2. The van der Waals surface area contributed by atoms with Gasteiger partial charge in [-0.05, 0) is 40.2 Å². The fourth-order valence-corrected chi connectivity index (χ4v) is 2.91. The predicted molar refractivity (Wildman–Crippen MR) is 95.2 cm³/mol. The van der Waals surface area contributed by atoms with Crippen LogP contribution in [0.25, 0.3) is 11.4 Å². The summed E-state index contributed by atoms with van der Waals surface area (Å²) in [6, 6.07) is 9.29. The van der Waals surface area contributed by atoms with Gasteiger partial charge in [-0.1, -0.05) is 6.07 Å². The number of rotatable bonds is 4. The molecule has 1 amide bonds. The summed E-state index contributed by atoms with van der Waals surface area (Å²) in [5, 5.41) is 7.49. The van der Waals surface area contributed by atoms with Gasteiger partial charge in [-0.25, -0.2) is 4.98 Å². The number of ether oxygens (including phenoxy) is 1. The zero-order valence-corrected chi connectivity index (χ0v) is 14.7. The highest BCUT2D eigenvalue weighted by molar-refractivity contribution is 9.10. The van der Waals surface area contributed by atoms with Crippen molar-refractivity contribution in [1.29, 1.82) is 0 Å². The first kappa shape index (κ1) is 15.9. The lowest BCUT2D eigenvalue weighted by Crippen LogP contribution is -2.30. The van der Waals surface area contributed by atoms with E-state index in [4.69, 9.17) is 4.74 Å². The van der Waals surface area contributed by atoms with Crippen LogP contribution in [0.2, 0.25) is 0 Å². The molecule has 1 aliphatic rings. The second kappa shape index (κ2) is 6.73. The normalized spacial score (nSPS) is 14.1. The number of carbonyl (C=O) groups excluding carboxylic acids is 1. The zero-order chi connectivity index (χ0) is 17.2. The van der Waals surface area contributed by atoms with Crippen LogP contribution in [0.4, 0.5) is 5.69 Å². The number of nitrogens with one attached hydrogen (secondary N) is 1. The molecule has 0 aliphatic carbocycles. The lowest BCUT2D eigenvalue weighted by molar-refractivity contribution is -0.0285. The molecule has 0 spiro atoms. The molecule has 1 fully saturated rings. The quantitative estimate of drug-likeness (QED) is 0.729. The van der Waals surface area contributed by atoms with Gasteiger partial charge in [0.05, 0.1) is 30.6 Å². The molecule has 3 aromatic heterocycles. The van der Waals surface area contributed by atoms with Crippen molar-refractivity contribution in [3.63, 3.8) is 0 Å². The maximum Gasteiger partial charge on any atom is 0.275 e. The summed E-state index contributed by atoms with van der Waals surface area (Å²) in [5.41, 5.74) is 2.21. The summed E-state index contributed by atoms with van der Waals surface area (Å²) in [4.78, 5) is 21.1. The van der Waals surface area contributed by atoms with E-state index in [1.165, 1.54) is 0 Å². The zero-order valence-electron chi connectivity index (χ0n) is 13.1. The number of carbonyl (C=O) groups is 1. The van der Waals surface area contributed by atoms with Gasteiger partial charge >= 0.3 is 0 Å². The molecule has 0 bridgehead atoms. The highest BCUT2D eigenvalue weighted by Crippen LogP contribution is 2.29. The number of pyridine rings is 2. The molecule has 0 saturated carbocycles. The van der Waals surface area contributed by atoms with Gasteiger partial charge in [0, 0.05) is 23.1 Å². The van der Waals surface area contributed by atoms with Gasteiger partial charge in [0.15, 0.2) is 0 Å². The fraction of sp³-hybridized carbons (Fsp3) is 0.176. The number of aromatic nitrogens is 4. The van der Waals surface area contributed by atoms with Crippen LogP contribution >= 0.6 is 15.9 Å². The Balaban J connectivity index is 1.69. The third-order valence-electron chi connectivity index (χ3n) is 3.86. The molecule has 1 saturated heterocycles. The monoisotopic (exact) mass is 399 g/mol. The Kier molecular flexibility index (Phi) is 4.29. The van der Waals surface area contributed by atoms with Crippen molar-refractivity contribution in [3.05, 3.63) is 59.1 Å². The largest absolute Gasteiger partial charge is 0.377 e. The molecule has 25 heavy (non-hydrogen) atoms. The Morgan fingerprint density at radius 2 is 2.04 bits per heavy atom. The molecule has 0 radical (unpaired) electrons. The minimum absolute atomic E-state index is 0.176. The summed E-state index contributed by atoms with van der Waals surface area (Å²) in [6.07, 6.45) is 5.09. The summed E-state index contributed by atoms with van der Waals surface area (Å²) in [6.45, 7) is 1.23. The van der Waals surface area contributed by atoms with Gasteiger partial charge in [-0.2, -0.15) is 5.10 Å². The van der Waals surface area contributed by atoms with Gasteiger partial charge in [0.1, 0.15) is 11.4 Å². The number of hydrogen-bond acceptors (Lipinski definition) is 5. The molecule has 3 aromatic rings. The second-order valence-electron chi connectivity index (χ2n) is 5.57. The lowest BCUT2D eigenvalue weighted by atomic mass is 10.2. The maximum absolute atomic E-state index is 12.6.